The average Bonchev–Trinajstić information content (AvgIpc) is 2.70. The molecule has 0 aliphatic heterocycles. The number of halogens is 1. The number of aliphatic hydroxyl groups is 1. The van der Waals surface area contributed by atoms with Crippen molar-refractivity contribution in [3.63, 3.8) is 0 Å². The van der Waals surface area contributed by atoms with Gasteiger partial charge < -0.3 is 24.6 Å². The maximum atomic E-state index is 12.5. The highest BCUT2D eigenvalue weighted by Gasteiger charge is 2.27. The first-order chi connectivity index (χ1) is 13.0. The van der Waals surface area contributed by atoms with Gasteiger partial charge in [0.1, 0.15) is 18.1 Å². The molecule has 2 N–H and O–H groups in total. The molecule has 0 bridgehead atoms. The molecular weight excluding hydrogens is 416 g/mol. The van der Waals surface area contributed by atoms with E-state index >= 15 is 0 Å². The zero-order valence-electron chi connectivity index (χ0n) is 14.9. The first-order valence-corrected chi connectivity index (χ1v) is 8.79. The third kappa shape index (κ3) is 5.12. The second kappa shape index (κ2) is 9.80. The Kier molecular flexibility index (Phi) is 7.46. The van der Waals surface area contributed by atoms with Crippen LogP contribution in [0.25, 0.3) is 0 Å². The van der Waals surface area contributed by atoms with Crippen LogP contribution in [0.3, 0.4) is 0 Å². The largest absolute Gasteiger partial charge is 0.496 e. The molecular formula is C19H19BrN2O5. The Bertz CT molecular complexity index is 833. The van der Waals surface area contributed by atoms with Crippen molar-refractivity contribution in [3.05, 3.63) is 52.0 Å². The van der Waals surface area contributed by atoms with Crippen LogP contribution in [0.2, 0.25) is 0 Å². The van der Waals surface area contributed by atoms with Crippen LogP contribution in [0.15, 0.2) is 40.9 Å². The van der Waals surface area contributed by atoms with Gasteiger partial charge >= 0.3 is 5.97 Å². The summed E-state index contributed by atoms with van der Waals surface area (Å²) in [5, 5.41) is 21.1. The molecule has 0 aliphatic carbocycles. The molecule has 142 valence electrons. The number of benzene rings is 2. The minimum absolute atomic E-state index is 0.0660. The summed E-state index contributed by atoms with van der Waals surface area (Å²) in [5.74, 6) is 0.378. The van der Waals surface area contributed by atoms with Crippen LogP contribution in [0.1, 0.15) is 17.2 Å². The molecule has 0 spiro atoms. The Morgan fingerprint density at radius 2 is 1.96 bits per heavy atom. The van der Waals surface area contributed by atoms with Crippen molar-refractivity contribution in [2.24, 2.45) is 0 Å². The van der Waals surface area contributed by atoms with Gasteiger partial charge in [-0.3, -0.25) is 0 Å². The second-order valence-electron chi connectivity index (χ2n) is 5.39. The normalized spacial score (nSPS) is 11.2. The quantitative estimate of drug-likeness (QED) is 0.615. The van der Waals surface area contributed by atoms with Crippen molar-refractivity contribution < 1.29 is 24.1 Å². The Hall–Kier alpha value is -2.76. The lowest BCUT2D eigenvalue weighted by molar-refractivity contribution is -0.141. The standard InChI is InChI=1S/C19H19BrN2O5/c1-25-17-9-14(16(10-15(17)20)27-8-7-23)18(19(24)26-2)22-13-5-3-12(11-21)4-6-13/h3-6,9-10,18,22-23H,7-8H2,1-2H3. The molecule has 1 unspecified atom stereocenters. The molecule has 0 saturated heterocycles. The monoisotopic (exact) mass is 434 g/mol. The van der Waals surface area contributed by atoms with Crippen molar-refractivity contribution in [2.75, 3.05) is 32.8 Å². The topological polar surface area (TPSA) is 101 Å². The third-order valence-electron chi connectivity index (χ3n) is 3.71. The van der Waals surface area contributed by atoms with Gasteiger partial charge in [0.05, 0.1) is 36.9 Å². The number of anilines is 1. The fourth-order valence-corrected chi connectivity index (χ4v) is 2.89. The highest BCUT2D eigenvalue weighted by Crippen LogP contribution is 2.37. The summed E-state index contributed by atoms with van der Waals surface area (Å²) >= 11 is 3.38. The maximum absolute atomic E-state index is 12.5. The van der Waals surface area contributed by atoms with Crippen LogP contribution >= 0.6 is 15.9 Å². The summed E-state index contributed by atoms with van der Waals surface area (Å²) in [6.45, 7) is -0.106. The van der Waals surface area contributed by atoms with Gasteiger partial charge in [0.2, 0.25) is 0 Å². The number of ether oxygens (including phenoxy) is 3. The van der Waals surface area contributed by atoms with E-state index in [0.29, 0.717) is 32.8 Å². The molecule has 0 saturated carbocycles. The highest BCUT2D eigenvalue weighted by molar-refractivity contribution is 9.10. The molecule has 0 radical (unpaired) electrons. The van der Waals surface area contributed by atoms with Crippen molar-refractivity contribution in [2.45, 2.75) is 6.04 Å². The number of esters is 1. The first kappa shape index (κ1) is 20.6. The van der Waals surface area contributed by atoms with E-state index in [-0.39, 0.29) is 13.2 Å². The van der Waals surface area contributed by atoms with Gasteiger partial charge in [-0.1, -0.05) is 0 Å². The predicted octanol–water partition coefficient (Wildman–Crippen LogP) is 3.03. The summed E-state index contributed by atoms with van der Waals surface area (Å²) in [7, 11) is 2.81. The lowest BCUT2D eigenvalue weighted by Gasteiger charge is -2.22. The predicted molar refractivity (Wildman–Crippen MR) is 103 cm³/mol. The van der Waals surface area contributed by atoms with E-state index in [1.165, 1.54) is 14.2 Å². The number of hydrogen-bond acceptors (Lipinski definition) is 7. The van der Waals surface area contributed by atoms with Crippen LogP contribution in [-0.2, 0) is 9.53 Å². The Labute approximate surface area is 165 Å². The lowest BCUT2D eigenvalue weighted by atomic mass is 10.0. The van der Waals surface area contributed by atoms with Crippen LogP contribution in [0.4, 0.5) is 5.69 Å². The van der Waals surface area contributed by atoms with Gasteiger partial charge in [-0.25, -0.2) is 4.79 Å². The van der Waals surface area contributed by atoms with E-state index in [0.717, 1.165) is 0 Å². The fraction of sp³-hybridized carbons (Fsp3) is 0.263. The van der Waals surface area contributed by atoms with E-state index < -0.39 is 12.0 Å². The highest BCUT2D eigenvalue weighted by atomic mass is 79.9. The van der Waals surface area contributed by atoms with Gasteiger partial charge in [0, 0.05) is 11.3 Å². The van der Waals surface area contributed by atoms with Crippen LogP contribution in [-0.4, -0.2) is 38.5 Å². The van der Waals surface area contributed by atoms with Crippen molar-refractivity contribution in [1.29, 1.82) is 5.26 Å². The smallest absolute Gasteiger partial charge is 0.333 e. The number of aliphatic hydroxyl groups excluding tert-OH is 1. The zero-order chi connectivity index (χ0) is 19.8. The summed E-state index contributed by atoms with van der Waals surface area (Å²) < 4.78 is 16.5. The molecule has 0 aliphatic rings. The molecule has 2 aromatic rings. The number of methoxy groups -OCH3 is 2. The van der Waals surface area contributed by atoms with E-state index in [1.807, 2.05) is 6.07 Å². The van der Waals surface area contributed by atoms with Crippen LogP contribution in [0.5, 0.6) is 11.5 Å². The van der Waals surface area contributed by atoms with E-state index in [1.54, 1.807) is 36.4 Å². The van der Waals surface area contributed by atoms with Crippen molar-refractivity contribution >= 4 is 27.6 Å². The number of rotatable bonds is 8. The molecule has 2 aromatic carbocycles. The summed E-state index contributed by atoms with van der Waals surface area (Å²) in [6, 6.07) is 11.1. The molecule has 27 heavy (non-hydrogen) atoms. The zero-order valence-corrected chi connectivity index (χ0v) is 16.4. The Morgan fingerprint density at radius 1 is 1.26 bits per heavy atom. The molecule has 0 aromatic heterocycles. The van der Waals surface area contributed by atoms with Gasteiger partial charge in [-0.15, -0.1) is 0 Å². The summed E-state index contributed by atoms with van der Waals surface area (Å²) in [4.78, 5) is 12.5. The second-order valence-corrected chi connectivity index (χ2v) is 6.24. The average molecular weight is 435 g/mol. The van der Waals surface area contributed by atoms with Gasteiger partial charge in [0.15, 0.2) is 6.04 Å². The first-order valence-electron chi connectivity index (χ1n) is 7.99. The molecule has 0 heterocycles. The fourth-order valence-electron chi connectivity index (χ4n) is 2.40. The number of nitriles is 1. The molecule has 1 atom stereocenters. The van der Waals surface area contributed by atoms with Crippen molar-refractivity contribution in [3.8, 4) is 17.6 Å². The third-order valence-corrected chi connectivity index (χ3v) is 4.33. The molecule has 2 rings (SSSR count). The van der Waals surface area contributed by atoms with E-state index in [2.05, 4.69) is 21.2 Å². The number of hydrogen-bond donors (Lipinski definition) is 2. The Balaban J connectivity index is 2.47. The van der Waals surface area contributed by atoms with E-state index in [4.69, 9.17) is 24.6 Å². The number of nitrogens with zero attached hydrogens (tertiary/aromatic N) is 1. The van der Waals surface area contributed by atoms with E-state index in [9.17, 15) is 4.79 Å². The summed E-state index contributed by atoms with van der Waals surface area (Å²) in [6.07, 6.45) is 0. The summed E-state index contributed by atoms with van der Waals surface area (Å²) in [5.41, 5.74) is 1.62. The van der Waals surface area contributed by atoms with Crippen molar-refractivity contribution in [1.82, 2.24) is 0 Å². The maximum Gasteiger partial charge on any atom is 0.333 e. The van der Waals surface area contributed by atoms with Gasteiger partial charge in [-0.05, 0) is 52.3 Å². The number of carbonyl (C=O) groups excluding carboxylic acids is 1. The molecule has 7 nitrogen and oxygen atoms in total. The van der Waals surface area contributed by atoms with Gasteiger partial charge in [-0.2, -0.15) is 5.26 Å². The minimum Gasteiger partial charge on any atom is -0.496 e. The molecule has 8 heteroatoms. The van der Waals surface area contributed by atoms with Crippen LogP contribution in [0, 0.1) is 11.3 Å². The van der Waals surface area contributed by atoms with Gasteiger partial charge in [0.25, 0.3) is 0 Å². The Morgan fingerprint density at radius 3 is 2.52 bits per heavy atom. The molecule has 0 fully saturated rings. The number of nitrogens with one attached hydrogen (secondary N) is 1. The molecule has 0 amide bonds. The SMILES string of the molecule is COC(=O)C(Nc1ccc(C#N)cc1)c1cc(OC)c(Br)cc1OCCO. The number of carbonyl (C=O) groups is 1. The van der Waals surface area contributed by atoms with Crippen LogP contribution < -0.4 is 14.8 Å². The lowest BCUT2D eigenvalue weighted by Crippen LogP contribution is -2.23. The minimum atomic E-state index is -0.890.